The number of hydrogen-bond acceptors (Lipinski definition) is 5. The zero-order chi connectivity index (χ0) is 22.0. The average molecular weight is 435 g/mol. The third-order valence-electron chi connectivity index (χ3n) is 5.09. The number of esters is 1. The SMILES string of the molecule is C[C@H](OC(=O)c1cccc(CS(=O)(=O)c2ccccc2)c1)c1nc2ccccc2n1C. The number of carbonyl (C=O) groups is 1. The lowest BCUT2D eigenvalue weighted by molar-refractivity contribution is 0.0315. The van der Waals surface area contributed by atoms with E-state index >= 15 is 0 Å². The number of aromatic nitrogens is 2. The van der Waals surface area contributed by atoms with Gasteiger partial charge in [0.1, 0.15) is 0 Å². The van der Waals surface area contributed by atoms with Crippen molar-refractivity contribution in [2.24, 2.45) is 7.05 Å². The highest BCUT2D eigenvalue weighted by Gasteiger charge is 2.20. The molecule has 0 saturated carbocycles. The molecule has 0 fully saturated rings. The molecule has 1 atom stereocenters. The second-order valence-corrected chi connectivity index (χ2v) is 9.33. The Morgan fingerprint density at radius 2 is 1.71 bits per heavy atom. The monoisotopic (exact) mass is 434 g/mol. The van der Waals surface area contributed by atoms with E-state index in [-0.39, 0.29) is 10.6 Å². The van der Waals surface area contributed by atoms with Gasteiger partial charge in [-0.2, -0.15) is 0 Å². The first-order valence-corrected chi connectivity index (χ1v) is 11.5. The summed E-state index contributed by atoms with van der Waals surface area (Å²) in [6.45, 7) is 1.77. The minimum absolute atomic E-state index is 0.196. The van der Waals surface area contributed by atoms with E-state index in [9.17, 15) is 13.2 Å². The molecule has 1 heterocycles. The highest BCUT2D eigenvalue weighted by molar-refractivity contribution is 7.90. The van der Waals surface area contributed by atoms with Gasteiger partial charge in [-0.1, -0.05) is 42.5 Å². The van der Waals surface area contributed by atoms with Gasteiger partial charge in [0.25, 0.3) is 0 Å². The molecule has 0 spiro atoms. The number of sulfone groups is 1. The Bertz CT molecular complexity index is 1340. The number of hydrogen-bond donors (Lipinski definition) is 0. The van der Waals surface area contributed by atoms with Crippen molar-refractivity contribution >= 4 is 26.8 Å². The van der Waals surface area contributed by atoms with Gasteiger partial charge >= 0.3 is 5.97 Å². The molecule has 31 heavy (non-hydrogen) atoms. The van der Waals surface area contributed by atoms with Crippen molar-refractivity contribution in [1.82, 2.24) is 9.55 Å². The minimum Gasteiger partial charge on any atom is -0.451 e. The molecule has 0 aliphatic carbocycles. The maximum Gasteiger partial charge on any atom is 0.338 e. The Hall–Kier alpha value is -3.45. The highest BCUT2D eigenvalue weighted by atomic mass is 32.2. The van der Waals surface area contributed by atoms with E-state index in [1.807, 2.05) is 35.9 Å². The van der Waals surface area contributed by atoms with Crippen LogP contribution in [-0.2, 0) is 27.4 Å². The third kappa shape index (κ3) is 4.36. The van der Waals surface area contributed by atoms with Crippen molar-refractivity contribution in [1.29, 1.82) is 0 Å². The maximum absolute atomic E-state index is 12.7. The molecule has 0 saturated heterocycles. The predicted octanol–water partition coefficient (Wildman–Crippen LogP) is 4.47. The minimum atomic E-state index is -3.51. The number of aryl methyl sites for hydroxylation is 1. The number of carbonyl (C=O) groups excluding carboxylic acids is 1. The van der Waals surface area contributed by atoms with Crippen LogP contribution in [-0.4, -0.2) is 23.9 Å². The summed E-state index contributed by atoms with van der Waals surface area (Å²) in [5.41, 5.74) is 2.60. The van der Waals surface area contributed by atoms with Crippen molar-refractivity contribution < 1.29 is 17.9 Å². The van der Waals surface area contributed by atoms with E-state index in [2.05, 4.69) is 4.98 Å². The Labute approximate surface area is 181 Å². The molecule has 0 bridgehead atoms. The molecule has 0 aliphatic heterocycles. The van der Waals surface area contributed by atoms with Crippen LogP contribution in [0.5, 0.6) is 0 Å². The molecule has 4 aromatic rings. The van der Waals surface area contributed by atoms with Gasteiger partial charge < -0.3 is 9.30 Å². The van der Waals surface area contributed by atoms with Gasteiger partial charge in [0, 0.05) is 7.05 Å². The molecule has 4 rings (SSSR count). The molecule has 0 N–H and O–H groups in total. The van der Waals surface area contributed by atoms with Crippen LogP contribution < -0.4 is 0 Å². The first-order chi connectivity index (χ1) is 14.8. The van der Waals surface area contributed by atoms with Gasteiger partial charge in [-0.05, 0) is 48.9 Å². The van der Waals surface area contributed by atoms with Crippen molar-refractivity contribution in [3.8, 4) is 0 Å². The van der Waals surface area contributed by atoms with Crippen LogP contribution in [0.1, 0.15) is 34.8 Å². The average Bonchev–Trinajstić information content (AvgIpc) is 3.11. The van der Waals surface area contributed by atoms with E-state index in [1.165, 1.54) is 0 Å². The van der Waals surface area contributed by atoms with Gasteiger partial charge in [0.2, 0.25) is 0 Å². The fourth-order valence-electron chi connectivity index (χ4n) is 3.53. The Morgan fingerprint density at radius 3 is 2.45 bits per heavy atom. The molecule has 3 aromatic carbocycles. The number of ether oxygens (including phenoxy) is 1. The number of benzene rings is 3. The number of rotatable bonds is 6. The lowest BCUT2D eigenvalue weighted by Crippen LogP contribution is -2.13. The van der Waals surface area contributed by atoms with Gasteiger partial charge in [0.15, 0.2) is 21.8 Å². The summed E-state index contributed by atoms with van der Waals surface area (Å²) in [5.74, 6) is -0.0887. The molecule has 7 heteroatoms. The largest absolute Gasteiger partial charge is 0.451 e. The summed E-state index contributed by atoms with van der Waals surface area (Å²) < 4.78 is 32.8. The third-order valence-corrected chi connectivity index (χ3v) is 6.79. The van der Waals surface area contributed by atoms with Crippen molar-refractivity contribution in [3.63, 3.8) is 0 Å². The zero-order valence-electron chi connectivity index (χ0n) is 17.2. The quantitative estimate of drug-likeness (QED) is 0.419. The highest BCUT2D eigenvalue weighted by Crippen LogP contribution is 2.23. The summed E-state index contributed by atoms with van der Waals surface area (Å²) in [5, 5.41) is 0. The van der Waals surface area contributed by atoms with Crippen LogP contribution in [0.15, 0.2) is 83.8 Å². The summed E-state index contributed by atoms with van der Waals surface area (Å²) in [6.07, 6.45) is -0.568. The van der Waals surface area contributed by atoms with Crippen molar-refractivity contribution in [2.45, 2.75) is 23.7 Å². The normalized spacial score (nSPS) is 12.6. The first-order valence-electron chi connectivity index (χ1n) is 9.84. The van der Waals surface area contributed by atoms with Gasteiger partial charge in [-0.3, -0.25) is 0 Å². The second-order valence-electron chi connectivity index (χ2n) is 7.34. The molecule has 1 aromatic heterocycles. The van der Waals surface area contributed by atoms with Crippen LogP contribution in [0.4, 0.5) is 0 Å². The number of nitrogens with zero attached hydrogens (tertiary/aromatic N) is 2. The first kappa shape index (κ1) is 20.8. The number of para-hydroxylation sites is 2. The molecular weight excluding hydrogens is 412 g/mol. The zero-order valence-corrected chi connectivity index (χ0v) is 18.0. The molecule has 6 nitrogen and oxygen atoms in total. The molecule has 0 amide bonds. The Kier molecular flexibility index (Phi) is 5.61. The summed E-state index contributed by atoms with van der Waals surface area (Å²) in [7, 11) is -1.63. The molecule has 0 radical (unpaired) electrons. The number of imidazole rings is 1. The maximum atomic E-state index is 12.7. The van der Waals surface area contributed by atoms with E-state index in [0.29, 0.717) is 17.0 Å². The molecule has 158 valence electrons. The van der Waals surface area contributed by atoms with E-state index in [4.69, 9.17) is 4.74 Å². The smallest absolute Gasteiger partial charge is 0.338 e. The Balaban J connectivity index is 1.52. The van der Waals surface area contributed by atoms with Crippen LogP contribution in [0.25, 0.3) is 11.0 Å². The standard InChI is InChI=1S/C24H22N2O4S/c1-17(23-25-21-13-6-7-14-22(21)26(23)2)30-24(27)19-10-8-9-18(15-19)16-31(28,29)20-11-4-3-5-12-20/h3-15,17H,16H2,1-2H3/t17-/m0/s1. The van der Waals surface area contributed by atoms with Crippen LogP contribution in [0, 0.1) is 0 Å². The summed E-state index contributed by atoms with van der Waals surface area (Å²) in [4.78, 5) is 17.5. The number of fused-ring (bicyclic) bond motifs is 1. The lowest BCUT2D eigenvalue weighted by atomic mass is 10.1. The second kappa shape index (κ2) is 8.35. The Morgan fingerprint density at radius 1 is 1.00 bits per heavy atom. The van der Waals surface area contributed by atoms with Crippen LogP contribution in [0.3, 0.4) is 0 Å². The van der Waals surface area contributed by atoms with Gasteiger partial charge in [-0.15, -0.1) is 0 Å². The fraction of sp³-hybridized carbons (Fsp3) is 0.167. The van der Waals surface area contributed by atoms with Crippen molar-refractivity contribution in [3.05, 3.63) is 95.8 Å². The predicted molar refractivity (Wildman–Crippen MR) is 118 cm³/mol. The van der Waals surface area contributed by atoms with E-state index in [1.54, 1.807) is 61.5 Å². The molecule has 0 unspecified atom stereocenters. The van der Waals surface area contributed by atoms with Gasteiger partial charge in [-0.25, -0.2) is 18.2 Å². The summed E-state index contributed by atoms with van der Waals surface area (Å²) >= 11 is 0. The van der Waals surface area contributed by atoms with Crippen molar-refractivity contribution in [2.75, 3.05) is 0 Å². The van der Waals surface area contributed by atoms with Crippen LogP contribution >= 0.6 is 0 Å². The fourth-order valence-corrected chi connectivity index (χ4v) is 4.88. The van der Waals surface area contributed by atoms with E-state index < -0.39 is 21.9 Å². The molecular formula is C24H22N2O4S. The van der Waals surface area contributed by atoms with E-state index in [0.717, 1.165) is 11.0 Å². The van der Waals surface area contributed by atoms with Crippen LogP contribution in [0.2, 0.25) is 0 Å². The summed E-state index contributed by atoms with van der Waals surface area (Å²) in [6, 6.07) is 22.5. The topological polar surface area (TPSA) is 78.3 Å². The molecule has 0 aliphatic rings. The lowest BCUT2D eigenvalue weighted by Gasteiger charge is -2.14. The van der Waals surface area contributed by atoms with Gasteiger partial charge in [0.05, 0.1) is 27.2 Å².